The Kier molecular flexibility index (Phi) is 2.61. The van der Waals surface area contributed by atoms with Crippen molar-refractivity contribution in [2.24, 2.45) is 5.92 Å². The van der Waals surface area contributed by atoms with Gasteiger partial charge in [-0.3, -0.25) is 0 Å². The summed E-state index contributed by atoms with van der Waals surface area (Å²) >= 11 is 0. The van der Waals surface area contributed by atoms with Crippen molar-refractivity contribution >= 4 is 0 Å². The van der Waals surface area contributed by atoms with Gasteiger partial charge in [-0.1, -0.05) is 13.8 Å². The van der Waals surface area contributed by atoms with Crippen LogP contribution in [0.2, 0.25) is 0 Å². The van der Waals surface area contributed by atoms with Crippen LogP contribution in [-0.2, 0) is 0 Å². The molecule has 0 aromatic carbocycles. The molecule has 2 nitrogen and oxygen atoms in total. The molecule has 82 valence electrons. The van der Waals surface area contributed by atoms with E-state index in [0.717, 1.165) is 19.3 Å². The fourth-order valence-corrected chi connectivity index (χ4v) is 3.47. The van der Waals surface area contributed by atoms with Crippen molar-refractivity contribution < 1.29 is 5.11 Å². The van der Waals surface area contributed by atoms with Crippen molar-refractivity contribution in [1.82, 2.24) is 4.90 Å². The van der Waals surface area contributed by atoms with Gasteiger partial charge in [-0.05, 0) is 45.1 Å². The van der Waals surface area contributed by atoms with Crippen LogP contribution in [0.3, 0.4) is 0 Å². The van der Waals surface area contributed by atoms with Gasteiger partial charge in [-0.15, -0.1) is 0 Å². The number of rotatable bonds is 2. The standard InChI is InChI=1S/C12H23NO/c1-9(2)6-12(14)7-10-4-5-11(8-12)13(10)3/h9-11,14H,4-8H2,1-3H3. The molecule has 2 rings (SSSR count). The van der Waals surface area contributed by atoms with E-state index in [9.17, 15) is 5.11 Å². The van der Waals surface area contributed by atoms with Crippen molar-refractivity contribution in [2.75, 3.05) is 7.05 Å². The summed E-state index contributed by atoms with van der Waals surface area (Å²) in [5, 5.41) is 10.5. The molecule has 0 aromatic rings. The van der Waals surface area contributed by atoms with E-state index in [1.54, 1.807) is 0 Å². The monoisotopic (exact) mass is 197 g/mol. The molecule has 1 N–H and O–H groups in total. The van der Waals surface area contributed by atoms with Crippen molar-refractivity contribution in [3.8, 4) is 0 Å². The molecule has 2 unspecified atom stereocenters. The van der Waals surface area contributed by atoms with Crippen LogP contribution in [0.4, 0.5) is 0 Å². The Labute approximate surface area is 87.3 Å². The first-order valence-electron chi connectivity index (χ1n) is 5.94. The summed E-state index contributed by atoms with van der Waals surface area (Å²) in [5.41, 5.74) is -0.355. The molecule has 0 spiro atoms. The SMILES string of the molecule is CC(C)CC1(O)CC2CCC(C1)N2C. The van der Waals surface area contributed by atoms with E-state index in [0.29, 0.717) is 18.0 Å². The lowest BCUT2D eigenvalue weighted by Crippen LogP contribution is -2.49. The van der Waals surface area contributed by atoms with Gasteiger partial charge in [0.2, 0.25) is 0 Å². The normalized spacial score (nSPS) is 43.5. The van der Waals surface area contributed by atoms with Gasteiger partial charge >= 0.3 is 0 Å². The minimum absolute atomic E-state index is 0.355. The van der Waals surface area contributed by atoms with Crippen LogP contribution >= 0.6 is 0 Å². The zero-order valence-electron chi connectivity index (χ0n) is 9.66. The quantitative estimate of drug-likeness (QED) is 0.732. The molecule has 0 amide bonds. The van der Waals surface area contributed by atoms with Gasteiger partial charge in [0.25, 0.3) is 0 Å². The smallest absolute Gasteiger partial charge is 0.0680 e. The summed E-state index contributed by atoms with van der Waals surface area (Å²) in [6.45, 7) is 4.41. The fourth-order valence-electron chi connectivity index (χ4n) is 3.47. The second kappa shape index (κ2) is 3.49. The largest absolute Gasteiger partial charge is 0.390 e. The number of hydrogen-bond donors (Lipinski definition) is 1. The lowest BCUT2D eigenvalue weighted by molar-refractivity contribution is -0.0573. The van der Waals surface area contributed by atoms with Gasteiger partial charge in [-0.2, -0.15) is 0 Å². The summed E-state index contributed by atoms with van der Waals surface area (Å²) in [6.07, 6.45) is 5.56. The molecule has 0 saturated carbocycles. The first-order chi connectivity index (χ1) is 6.50. The molecule has 2 aliphatic heterocycles. The zero-order chi connectivity index (χ0) is 10.3. The summed E-state index contributed by atoms with van der Waals surface area (Å²) in [6, 6.07) is 1.30. The maximum atomic E-state index is 10.5. The average Bonchev–Trinajstić information content (AvgIpc) is 2.33. The van der Waals surface area contributed by atoms with E-state index in [1.165, 1.54) is 12.8 Å². The molecule has 2 bridgehead atoms. The molecular formula is C12H23NO. The van der Waals surface area contributed by atoms with E-state index in [4.69, 9.17) is 0 Å². The van der Waals surface area contributed by atoms with Crippen LogP contribution in [0.5, 0.6) is 0 Å². The van der Waals surface area contributed by atoms with Gasteiger partial charge in [0, 0.05) is 12.1 Å². The highest BCUT2D eigenvalue weighted by atomic mass is 16.3. The van der Waals surface area contributed by atoms with Crippen molar-refractivity contribution in [1.29, 1.82) is 0 Å². The van der Waals surface area contributed by atoms with Crippen LogP contribution in [0, 0.1) is 5.92 Å². The minimum atomic E-state index is -0.355. The molecule has 2 saturated heterocycles. The first-order valence-corrected chi connectivity index (χ1v) is 5.94. The van der Waals surface area contributed by atoms with E-state index in [-0.39, 0.29) is 5.60 Å². The number of hydrogen-bond acceptors (Lipinski definition) is 2. The van der Waals surface area contributed by atoms with Crippen LogP contribution in [0.15, 0.2) is 0 Å². The Balaban J connectivity index is 2.04. The maximum Gasteiger partial charge on any atom is 0.0680 e. The molecule has 0 aromatic heterocycles. The van der Waals surface area contributed by atoms with Gasteiger partial charge in [-0.25, -0.2) is 0 Å². The van der Waals surface area contributed by atoms with Crippen molar-refractivity contribution in [3.05, 3.63) is 0 Å². The Bertz CT molecular complexity index is 200. The Morgan fingerprint density at radius 2 is 1.79 bits per heavy atom. The molecule has 14 heavy (non-hydrogen) atoms. The minimum Gasteiger partial charge on any atom is -0.390 e. The highest BCUT2D eigenvalue weighted by Crippen LogP contribution is 2.42. The zero-order valence-corrected chi connectivity index (χ0v) is 9.66. The molecule has 2 atom stereocenters. The van der Waals surface area contributed by atoms with Gasteiger partial charge < -0.3 is 10.0 Å². The Morgan fingerprint density at radius 1 is 1.29 bits per heavy atom. The summed E-state index contributed by atoms with van der Waals surface area (Å²) in [4.78, 5) is 2.48. The third kappa shape index (κ3) is 1.82. The van der Waals surface area contributed by atoms with Gasteiger partial charge in [0.1, 0.15) is 0 Å². The lowest BCUT2D eigenvalue weighted by atomic mass is 9.80. The van der Waals surface area contributed by atoms with Crippen LogP contribution in [0.1, 0.15) is 46.0 Å². The van der Waals surface area contributed by atoms with Crippen LogP contribution in [-0.4, -0.2) is 34.7 Å². The molecule has 0 radical (unpaired) electrons. The highest BCUT2D eigenvalue weighted by Gasteiger charge is 2.45. The second-order valence-corrected chi connectivity index (χ2v) is 5.78. The lowest BCUT2D eigenvalue weighted by Gasteiger charge is -2.43. The van der Waals surface area contributed by atoms with E-state index in [2.05, 4.69) is 25.8 Å². The molecule has 2 heterocycles. The Morgan fingerprint density at radius 3 is 2.21 bits per heavy atom. The summed E-state index contributed by atoms with van der Waals surface area (Å²) in [7, 11) is 2.22. The van der Waals surface area contributed by atoms with Crippen LogP contribution in [0.25, 0.3) is 0 Å². The predicted molar refractivity (Wildman–Crippen MR) is 58.2 cm³/mol. The van der Waals surface area contributed by atoms with Gasteiger partial charge in [0.05, 0.1) is 5.60 Å². The van der Waals surface area contributed by atoms with Crippen molar-refractivity contribution in [3.63, 3.8) is 0 Å². The topological polar surface area (TPSA) is 23.5 Å². The third-order valence-corrected chi connectivity index (χ3v) is 4.00. The summed E-state index contributed by atoms with van der Waals surface area (Å²) < 4.78 is 0. The van der Waals surface area contributed by atoms with E-state index >= 15 is 0 Å². The number of piperidine rings is 1. The maximum absolute atomic E-state index is 10.5. The van der Waals surface area contributed by atoms with E-state index < -0.39 is 0 Å². The summed E-state index contributed by atoms with van der Waals surface area (Å²) in [5.74, 6) is 0.614. The fraction of sp³-hybridized carbons (Fsp3) is 1.00. The average molecular weight is 197 g/mol. The molecular weight excluding hydrogens is 174 g/mol. The predicted octanol–water partition coefficient (Wildman–Crippen LogP) is 2.02. The number of aliphatic hydroxyl groups is 1. The van der Waals surface area contributed by atoms with Gasteiger partial charge in [0.15, 0.2) is 0 Å². The number of fused-ring (bicyclic) bond motifs is 2. The third-order valence-electron chi connectivity index (χ3n) is 4.00. The Hall–Kier alpha value is -0.0800. The molecule has 0 aliphatic carbocycles. The molecule has 2 aliphatic rings. The molecule has 2 heteroatoms. The highest BCUT2D eigenvalue weighted by molar-refractivity contribution is 5.00. The van der Waals surface area contributed by atoms with Crippen molar-refractivity contribution in [2.45, 2.75) is 63.6 Å². The van der Waals surface area contributed by atoms with Crippen LogP contribution < -0.4 is 0 Å². The second-order valence-electron chi connectivity index (χ2n) is 5.78. The van der Waals surface area contributed by atoms with E-state index in [1.807, 2.05) is 0 Å². The first kappa shape index (κ1) is 10.4. The number of nitrogens with zero attached hydrogens (tertiary/aromatic N) is 1. The molecule has 2 fully saturated rings.